The van der Waals surface area contributed by atoms with E-state index in [1.165, 1.54) is 18.4 Å². The zero-order valence-electron chi connectivity index (χ0n) is 12.9. The molecule has 0 heterocycles. The van der Waals surface area contributed by atoms with Gasteiger partial charge in [0.05, 0.1) is 0 Å². The van der Waals surface area contributed by atoms with Crippen molar-refractivity contribution in [2.24, 2.45) is 5.73 Å². The first-order chi connectivity index (χ1) is 9.38. The van der Waals surface area contributed by atoms with E-state index in [9.17, 15) is 4.21 Å². The van der Waals surface area contributed by atoms with Gasteiger partial charge < -0.3 is 5.73 Å². The molecule has 0 radical (unpaired) electrons. The maximum absolute atomic E-state index is 12.3. The largest absolute Gasteiger partial charge is 0.323 e. The summed E-state index contributed by atoms with van der Waals surface area (Å²) in [5.41, 5.74) is 8.80. The van der Waals surface area contributed by atoms with Crippen LogP contribution in [-0.4, -0.2) is 15.2 Å². The van der Waals surface area contributed by atoms with Gasteiger partial charge in [-0.25, -0.2) is 0 Å². The SMILES string of the molecule is CC(C)(C)c1ccc(C(N)CS(=O)C2CCCC2)cc1. The van der Waals surface area contributed by atoms with E-state index in [1.54, 1.807) is 0 Å². The second-order valence-corrected chi connectivity index (χ2v) is 8.69. The van der Waals surface area contributed by atoms with Crippen LogP contribution in [0.3, 0.4) is 0 Å². The van der Waals surface area contributed by atoms with Crippen LogP contribution in [0.2, 0.25) is 0 Å². The van der Waals surface area contributed by atoms with Gasteiger partial charge in [-0.3, -0.25) is 4.21 Å². The molecule has 0 bridgehead atoms. The summed E-state index contributed by atoms with van der Waals surface area (Å²) < 4.78 is 12.3. The fraction of sp³-hybridized carbons (Fsp3) is 0.647. The highest BCUT2D eigenvalue weighted by molar-refractivity contribution is 7.85. The van der Waals surface area contributed by atoms with Gasteiger partial charge in [0, 0.05) is 27.8 Å². The Kier molecular flexibility index (Phi) is 5.03. The molecule has 1 aliphatic rings. The van der Waals surface area contributed by atoms with E-state index in [0.29, 0.717) is 11.0 Å². The number of hydrogen-bond donors (Lipinski definition) is 1. The van der Waals surface area contributed by atoms with Gasteiger partial charge in [-0.05, 0) is 29.4 Å². The summed E-state index contributed by atoms with van der Waals surface area (Å²) in [6, 6.07) is 8.38. The average Bonchev–Trinajstić information content (AvgIpc) is 2.91. The summed E-state index contributed by atoms with van der Waals surface area (Å²) in [4.78, 5) is 0. The minimum atomic E-state index is -0.773. The van der Waals surface area contributed by atoms with Crippen LogP contribution in [0.5, 0.6) is 0 Å². The Morgan fingerprint density at radius 2 is 1.75 bits per heavy atom. The van der Waals surface area contributed by atoms with Crippen molar-refractivity contribution in [1.29, 1.82) is 0 Å². The molecule has 2 rings (SSSR count). The van der Waals surface area contributed by atoms with Crippen molar-refractivity contribution in [3.8, 4) is 0 Å². The van der Waals surface area contributed by atoms with Gasteiger partial charge in [0.25, 0.3) is 0 Å². The molecule has 1 aliphatic carbocycles. The van der Waals surface area contributed by atoms with E-state index in [0.717, 1.165) is 18.4 Å². The van der Waals surface area contributed by atoms with Crippen molar-refractivity contribution in [2.75, 3.05) is 5.75 Å². The van der Waals surface area contributed by atoms with Crippen molar-refractivity contribution in [3.05, 3.63) is 35.4 Å². The molecule has 112 valence electrons. The molecule has 2 N–H and O–H groups in total. The first-order valence-corrected chi connectivity index (χ1v) is 8.99. The van der Waals surface area contributed by atoms with E-state index < -0.39 is 10.8 Å². The number of benzene rings is 1. The highest BCUT2D eigenvalue weighted by Gasteiger charge is 2.23. The van der Waals surface area contributed by atoms with Gasteiger partial charge in [-0.15, -0.1) is 0 Å². The summed E-state index contributed by atoms with van der Waals surface area (Å²) >= 11 is 0. The topological polar surface area (TPSA) is 43.1 Å². The fourth-order valence-electron chi connectivity index (χ4n) is 2.79. The van der Waals surface area contributed by atoms with E-state index in [2.05, 4.69) is 45.0 Å². The lowest BCUT2D eigenvalue weighted by Gasteiger charge is -2.20. The molecule has 1 saturated carbocycles. The van der Waals surface area contributed by atoms with Gasteiger partial charge in [0.2, 0.25) is 0 Å². The Morgan fingerprint density at radius 3 is 2.25 bits per heavy atom. The van der Waals surface area contributed by atoms with Crippen LogP contribution in [0, 0.1) is 0 Å². The second-order valence-electron chi connectivity index (χ2n) is 6.93. The van der Waals surface area contributed by atoms with Gasteiger partial charge in [-0.2, -0.15) is 0 Å². The van der Waals surface area contributed by atoms with E-state index in [1.807, 2.05) is 0 Å². The molecule has 2 atom stereocenters. The van der Waals surface area contributed by atoms with Crippen LogP contribution in [0.15, 0.2) is 24.3 Å². The standard InChI is InChI=1S/C17H27NOS/c1-17(2,3)14-10-8-13(9-11-14)16(18)12-20(19)15-6-4-5-7-15/h8-11,15-16H,4-7,12,18H2,1-3H3. The Bertz CT molecular complexity index is 455. The molecular formula is C17H27NOS. The van der Waals surface area contributed by atoms with Crippen LogP contribution < -0.4 is 5.73 Å². The molecule has 0 aliphatic heterocycles. The minimum absolute atomic E-state index is 0.106. The molecule has 0 aromatic heterocycles. The molecule has 3 heteroatoms. The smallest absolute Gasteiger partial charge is 0.0431 e. The predicted molar refractivity (Wildman–Crippen MR) is 87.3 cm³/mol. The Morgan fingerprint density at radius 1 is 1.20 bits per heavy atom. The van der Waals surface area contributed by atoms with Crippen molar-refractivity contribution in [3.63, 3.8) is 0 Å². The minimum Gasteiger partial charge on any atom is -0.323 e. The van der Waals surface area contributed by atoms with Crippen LogP contribution in [-0.2, 0) is 16.2 Å². The lowest BCUT2D eigenvalue weighted by molar-refractivity contribution is 0.589. The van der Waals surface area contributed by atoms with E-state index in [-0.39, 0.29) is 11.5 Å². The summed E-state index contributed by atoms with van der Waals surface area (Å²) in [5.74, 6) is 0.597. The molecule has 2 nitrogen and oxygen atoms in total. The molecule has 1 aromatic carbocycles. The van der Waals surface area contributed by atoms with Crippen LogP contribution in [0.1, 0.15) is 63.6 Å². The third-order valence-corrected chi connectivity index (χ3v) is 6.13. The maximum Gasteiger partial charge on any atom is 0.0431 e. The van der Waals surface area contributed by atoms with E-state index in [4.69, 9.17) is 5.73 Å². The average molecular weight is 293 g/mol. The van der Waals surface area contributed by atoms with Crippen LogP contribution >= 0.6 is 0 Å². The summed E-state index contributed by atoms with van der Waals surface area (Å²) in [7, 11) is -0.773. The monoisotopic (exact) mass is 293 g/mol. The van der Waals surface area contributed by atoms with Crippen molar-refractivity contribution >= 4 is 10.8 Å². The van der Waals surface area contributed by atoms with Crippen LogP contribution in [0.25, 0.3) is 0 Å². The molecule has 20 heavy (non-hydrogen) atoms. The Balaban J connectivity index is 1.98. The van der Waals surface area contributed by atoms with Gasteiger partial charge in [0.15, 0.2) is 0 Å². The lowest BCUT2D eigenvalue weighted by atomic mass is 9.86. The first kappa shape index (κ1) is 15.7. The number of nitrogens with two attached hydrogens (primary N) is 1. The first-order valence-electron chi connectivity index (χ1n) is 7.61. The zero-order chi connectivity index (χ0) is 14.8. The summed E-state index contributed by atoms with van der Waals surface area (Å²) in [6.45, 7) is 6.62. The highest BCUT2D eigenvalue weighted by Crippen LogP contribution is 2.26. The van der Waals surface area contributed by atoms with Gasteiger partial charge in [0.1, 0.15) is 0 Å². The maximum atomic E-state index is 12.3. The lowest BCUT2D eigenvalue weighted by Crippen LogP contribution is -2.24. The highest BCUT2D eigenvalue weighted by atomic mass is 32.2. The Labute approximate surface area is 125 Å². The van der Waals surface area contributed by atoms with Gasteiger partial charge >= 0.3 is 0 Å². The third-order valence-electron chi connectivity index (χ3n) is 4.22. The molecule has 1 aromatic rings. The van der Waals surface area contributed by atoms with Crippen LogP contribution in [0.4, 0.5) is 0 Å². The molecular weight excluding hydrogens is 266 g/mol. The molecule has 0 spiro atoms. The normalized spacial score (nSPS) is 20.0. The third kappa shape index (κ3) is 3.92. The molecule has 2 unspecified atom stereocenters. The number of hydrogen-bond acceptors (Lipinski definition) is 2. The van der Waals surface area contributed by atoms with Crippen molar-refractivity contribution in [2.45, 2.75) is 63.2 Å². The van der Waals surface area contributed by atoms with Crippen molar-refractivity contribution in [1.82, 2.24) is 0 Å². The molecule has 0 amide bonds. The quantitative estimate of drug-likeness (QED) is 0.920. The fourth-order valence-corrected chi connectivity index (χ4v) is 4.47. The Hall–Kier alpha value is -0.670. The zero-order valence-corrected chi connectivity index (χ0v) is 13.7. The molecule has 0 saturated heterocycles. The number of rotatable bonds is 4. The molecule has 1 fully saturated rings. The van der Waals surface area contributed by atoms with Crippen molar-refractivity contribution < 1.29 is 4.21 Å². The van der Waals surface area contributed by atoms with Gasteiger partial charge in [-0.1, -0.05) is 57.9 Å². The van der Waals surface area contributed by atoms with E-state index >= 15 is 0 Å². The predicted octanol–water partition coefficient (Wildman–Crippen LogP) is 3.68. The summed E-state index contributed by atoms with van der Waals surface area (Å²) in [5, 5.41) is 0.384. The summed E-state index contributed by atoms with van der Waals surface area (Å²) in [6.07, 6.45) is 4.68. The second kappa shape index (κ2) is 6.40.